The van der Waals surface area contributed by atoms with Crippen molar-refractivity contribution in [3.8, 4) is 0 Å². The average Bonchev–Trinajstić information content (AvgIpc) is 2.29. The van der Waals surface area contributed by atoms with Gasteiger partial charge in [0.05, 0.1) is 6.61 Å². The third-order valence-electron chi connectivity index (χ3n) is 2.68. The molecule has 5 nitrogen and oxygen atoms in total. The van der Waals surface area contributed by atoms with Gasteiger partial charge in [0.1, 0.15) is 0 Å². The zero-order valence-electron chi connectivity index (χ0n) is 12.2. The number of amides is 1. The summed E-state index contributed by atoms with van der Waals surface area (Å²) in [6, 6.07) is 0. The molecule has 0 rings (SSSR count). The Labute approximate surface area is 111 Å². The quantitative estimate of drug-likeness (QED) is 0.596. The third kappa shape index (κ3) is 9.39. The van der Waals surface area contributed by atoms with Gasteiger partial charge >= 0.3 is 0 Å². The van der Waals surface area contributed by atoms with Gasteiger partial charge in [-0.3, -0.25) is 4.79 Å². The maximum Gasteiger partial charge on any atom is 0.222 e. The second kappa shape index (κ2) is 9.30. The maximum atomic E-state index is 12.1. The molecule has 2 N–H and O–H groups in total. The lowest BCUT2D eigenvalue weighted by Gasteiger charge is -2.24. The summed E-state index contributed by atoms with van der Waals surface area (Å²) < 4.78 is 10.0. The van der Waals surface area contributed by atoms with Gasteiger partial charge in [-0.2, -0.15) is 0 Å². The Kier molecular flexibility index (Phi) is 8.97. The van der Waals surface area contributed by atoms with Crippen molar-refractivity contribution in [1.82, 2.24) is 4.90 Å². The van der Waals surface area contributed by atoms with Crippen molar-refractivity contribution < 1.29 is 14.3 Å². The van der Waals surface area contributed by atoms with Crippen molar-refractivity contribution in [3.63, 3.8) is 0 Å². The van der Waals surface area contributed by atoms with Gasteiger partial charge < -0.3 is 20.1 Å². The van der Waals surface area contributed by atoms with Gasteiger partial charge in [0.2, 0.25) is 5.91 Å². The van der Waals surface area contributed by atoms with Crippen LogP contribution in [0.2, 0.25) is 0 Å². The molecule has 5 heteroatoms. The number of rotatable bonds is 10. The standard InChI is InChI=1S/C13H28N2O3/c1-13(2,14)7-6-12(16)15(9-11-18-4)8-5-10-17-3/h5-11,14H2,1-4H3. The van der Waals surface area contributed by atoms with Crippen LogP contribution in [0.1, 0.15) is 33.1 Å². The number of nitrogens with zero attached hydrogens (tertiary/aromatic N) is 1. The van der Waals surface area contributed by atoms with Crippen molar-refractivity contribution in [2.24, 2.45) is 5.73 Å². The molecule has 0 atom stereocenters. The summed E-state index contributed by atoms with van der Waals surface area (Å²) in [5.41, 5.74) is 5.59. The van der Waals surface area contributed by atoms with E-state index in [2.05, 4.69) is 0 Å². The van der Waals surface area contributed by atoms with Crippen LogP contribution in [0.15, 0.2) is 0 Å². The lowest BCUT2D eigenvalue weighted by Crippen LogP contribution is -2.38. The largest absolute Gasteiger partial charge is 0.385 e. The summed E-state index contributed by atoms with van der Waals surface area (Å²) in [5.74, 6) is 0.140. The molecule has 0 heterocycles. The lowest BCUT2D eigenvalue weighted by atomic mass is 10.00. The molecular weight excluding hydrogens is 232 g/mol. The van der Waals surface area contributed by atoms with Crippen LogP contribution in [-0.2, 0) is 14.3 Å². The number of ether oxygens (including phenoxy) is 2. The third-order valence-corrected chi connectivity index (χ3v) is 2.68. The molecule has 18 heavy (non-hydrogen) atoms. The van der Waals surface area contributed by atoms with Crippen LogP contribution < -0.4 is 5.73 Å². The van der Waals surface area contributed by atoms with Crippen LogP contribution in [0.25, 0.3) is 0 Å². The molecule has 0 aromatic carbocycles. The topological polar surface area (TPSA) is 64.8 Å². The minimum atomic E-state index is -0.297. The second-order valence-corrected chi connectivity index (χ2v) is 5.21. The van der Waals surface area contributed by atoms with E-state index in [1.807, 2.05) is 18.7 Å². The van der Waals surface area contributed by atoms with Crippen LogP contribution in [0, 0.1) is 0 Å². The first kappa shape index (κ1) is 17.4. The summed E-state index contributed by atoms with van der Waals surface area (Å²) in [6.07, 6.45) is 2.03. The first-order valence-electron chi connectivity index (χ1n) is 6.45. The van der Waals surface area contributed by atoms with E-state index in [0.717, 1.165) is 6.42 Å². The van der Waals surface area contributed by atoms with E-state index < -0.39 is 0 Å². The molecule has 0 aliphatic rings. The van der Waals surface area contributed by atoms with Gasteiger partial charge in [0.25, 0.3) is 0 Å². The highest BCUT2D eigenvalue weighted by Gasteiger charge is 2.17. The number of hydrogen-bond donors (Lipinski definition) is 1. The summed E-state index contributed by atoms with van der Waals surface area (Å²) in [4.78, 5) is 13.9. The molecule has 0 radical (unpaired) electrons. The monoisotopic (exact) mass is 260 g/mol. The minimum Gasteiger partial charge on any atom is -0.385 e. The zero-order valence-corrected chi connectivity index (χ0v) is 12.2. The molecule has 0 unspecified atom stereocenters. The Bertz CT molecular complexity index is 227. The molecule has 0 aromatic rings. The van der Waals surface area contributed by atoms with Gasteiger partial charge in [-0.15, -0.1) is 0 Å². The molecular formula is C13H28N2O3. The first-order chi connectivity index (χ1) is 8.40. The molecule has 0 aliphatic carbocycles. The van der Waals surface area contributed by atoms with Crippen LogP contribution in [0.5, 0.6) is 0 Å². The summed E-state index contributed by atoms with van der Waals surface area (Å²) in [5, 5.41) is 0. The van der Waals surface area contributed by atoms with E-state index in [0.29, 0.717) is 39.1 Å². The Hall–Kier alpha value is -0.650. The Morgan fingerprint density at radius 2 is 1.78 bits per heavy atom. The maximum absolute atomic E-state index is 12.1. The lowest BCUT2D eigenvalue weighted by molar-refractivity contribution is -0.132. The molecule has 0 fully saturated rings. The average molecular weight is 260 g/mol. The molecule has 0 saturated heterocycles. The van der Waals surface area contributed by atoms with Crippen molar-refractivity contribution in [2.75, 3.05) is 40.5 Å². The van der Waals surface area contributed by atoms with Crippen molar-refractivity contribution in [2.45, 2.75) is 38.6 Å². The summed E-state index contributed by atoms with van der Waals surface area (Å²) in [7, 11) is 3.30. The smallest absolute Gasteiger partial charge is 0.222 e. The van der Waals surface area contributed by atoms with Gasteiger partial charge in [-0.25, -0.2) is 0 Å². The number of carbonyl (C=O) groups excluding carboxylic acids is 1. The molecule has 0 aliphatic heterocycles. The highest BCUT2D eigenvalue weighted by molar-refractivity contribution is 5.76. The molecule has 0 bridgehead atoms. The number of nitrogens with two attached hydrogens (primary N) is 1. The van der Waals surface area contributed by atoms with Gasteiger partial charge in [0.15, 0.2) is 0 Å². The highest BCUT2D eigenvalue weighted by atomic mass is 16.5. The van der Waals surface area contributed by atoms with Gasteiger partial charge in [-0.1, -0.05) is 0 Å². The van der Waals surface area contributed by atoms with Gasteiger partial charge in [0, 0.05) is 45.9 Å². The van der Waals surface area contributed by atoms with E-state index in [4.69, 9.17) is 15.2 Å². The van der Waals surface area contributed by atoms with Crippen LogP contribution in [0.3, 0.4) is 0 Å². The first-order valence-corrected chi connectivity index (χ1v) is 6.45. The molecule has 0 aromatic heterocycles. The fourth-order valence-corrected chi connectivity index (χ4v) is 1.55. The van der Waals surface area contributed by atoms with Crippen LogP contribution in [0.4, 0.5) is 0 Å². The Balaban J connectivity index is 4.12. The fourth-order valence-electron chi connectivity index (χ4n) is 1.55. The van der Waals surface area contributed by atoms with E-state index in [1.54, 1.807) is 14.2 Å². The van der Waals surface area contributed by atoms with Crippen molar-refractivity contribution in [1.29, 1.82) is 0 Å². The molecule has 0 spiro atoms. The predicted molar refractivity (Wildman–Crippen MR) is 72.4 cm³/mol. The van der Waals surface area contributed by atoms with Crippen LogP contribution >= 0.6 is 0 Å². The van der Waals surface area contributed by atoms with E-state index in [9.17, 15) is 4.79 Å². The highest BCUT2D eigenvalue weighted by Crippen LogP contribution is 2.09. The SMILES string of the molecule is COCCCN(CCOC)C(=O)CCC(C)(C)N. The van der Waals surface area contributed by atoms with E-state index in [1.165, 1.54) is 0 Å². The summed E-state index contributed by atoms with van der Waals surface area (Å²) >= 11 is 0. The number of carbonyl (C=O) groups is 1. The Morgan fingerprint density at radius 3 is 2.28 bits per heavy atom. The Morgan fingerprint density at radius 1 is 1.17 bits per heavy atom. The molecule has 0 saturated carbocycles. The molecule has 1 amide bonds. The normalized spacial score (nSPS) is 11.6. The molecule has 108 valence electrons. The fraction of sp³-hybridized carbons (Fsp3) is 0.923. The van der Waals surface area contributed by atoms with Crippen molar-refractivity contribution >= 4 is 5.91 Å². The number of hydrogen-bond acceptors (Lipinski definition) is 4. The second-order valence-electron chi connectivity index (χ2n) is 5.21. The van der Waals surface area contributed by atoms with Crippen molar-refractivity contribution in [3.05, 3.63) is 0 Å². The van der Waals surface area contributed by atoms with Crippen LogP contribution in [-0.4, -0.2) is 56.9 Å². The minimum absolute atomic E-state index is 0.140. The zero-order chi connectivity index (χ0) is 14.0. The van der Waals surface area contributed by atoms with E-state index >= 15 is 0 Å². The van der Waals surface area contributed by atoms with E-state index in [-0.39, 0.29) is 11.4 Å². The summed E-state index contributed by atoms with van der Waals surface area (Å²) in [6.45, 7) is 6.43. The number of methoxy groups -OCH3 is 2. The van der Waals surface area contributed by atoms with Gasteiger partial charge in [-0.05, 0) is 26.7 Å². The predicted octanol–water partition coefficient (Wildman–Crippen LogP) is 1.02.